The first-order chi connectivity index (χ1) is 15.0. The Morgan fingerprint density at radius 1 is 1.10 bits per heavy atom. The summed E-state index contributed by atoms with van der Waals surface area (Å²) in [5, 5.41) is 0. The summed E-state index contributed by atoms with van der Waals surface area (Å²) in [6.45, 7) is 8.70. The minimum absolute atomic E-state index is 0.171. The Hall–Kier alpha value is -2.86. The lowest BCUT2D eigenvalue weighted by atomic mass is 9.96. The molecule has 164 valence electrons. The molecule has 2 aromatic carbocycles. The molecule has 0 saturated carbocycles. The van der Waals surface area contributed by atoms with Gasteiger partial charge in [0.2, 0.25) is 5.91 Å². The van der Waals surface area contributed by atoms with Crippen molar-refractivity contribution in [1.29, 1.82) is 0 Å². The number of rotatable bonds is 6. The summed E-state index contributed by atoms with van der Waals surface area (Å²) < 4.78 is 10.5. The fourth-order valence-corrected chi connectivity index (χ4v) is 4.43. The summed E-state index contributed by atoms with van der Waals surface area (Å²) in [6, 6.07) is 9.91. The first-order valence-electron chi connectivity index (χ1n) is 10.9. The number of methoxy groups -OCH3 is 1. The minimum Gasteiger partial charge on any atom is -0.496 e. The number of esters is 1. The Kier molecular flexibility index (Phi) is 6.28. The number of carbonyl (C=O) groups is 2. The van der Waals surface area contributed by atoms with Crippen LogP contribution in [0.5, 0.6) is 5.75 Å². The van der Waals surface area contributed by atoms with E-state index in [1.807, 2.05) is 36.1 Å². The van der Waals surface area contributed by atoms with Crippen LogP contribution < -0.4 is 4.74 Å². The topological polar surface area (TPSA) is 59.1 Å². The highest BCUT2D eigenvalue weighted by Gasteiger charge is 2.25. The van der Waals surface area contributed by atoms with Gasteiger partial charge >= 0.3 is 5.97 Å². The molecule has 0 N–H and O–H groups in total. The van der Waals surface area contributed by atoms with E-state index in [0.717, 1.165) is 61.6 Å². The molecule has 1 amide bonds. The lowest BCUT2D eigenvalue weighted by Crippen LogP contribution is -2.49. The quantitative estimate of drug-likeness (QED) is 0.670. The summed E-state index contributed by atoms with van der Waals surface area (Å²) in [5.74, 6) is 0.784. The summed E-state index contributed by atoms with van der Waals surface area (Å²) in [7, 11) is 1.66. The van der Waals surface area contributed by atoms with Crippen molar-refractivity contribution in [2.45, 2.75) is 33.3 Å². The van der Waals surface area contributed by atoms with Gasteiger partial charge in [0.25, 0.3) is 0 Å². The van der Waals surface area contributed by atoms with Crippen molar-refractivity contribution in [3.8, 4) is 5.75 Å². The van der Waals surface area contributed by atoms with Gasteiger partial charge in [-0.3, -0.25) is 9.69 Å². The fourth-order valence-electron chi connectivity index (χ4n) is 4.43. The van der Waals surface area contributed by atoms with Crippen molar-refractivity contribution in [3.05, 3.63) is 63.7 Å². The molecule has 0 radical (unpaired) electrons. The van der Waals surface area contributed by atoms with Crippen LogP contribution in [-0.2, 0) is 29.0 Å². The van der Waals surface area contributed by atoms with E-state index in [4.69, 9.17) is 9.47 Å². The number of ether oxygens (including phenoxy) is 2. The Balaban J connectivity index is 1.27. The fraction of sp³-hybridized carbons (Fsp3) is 0.440. The molecule has 0 atom stereocenters. The number of benzene rings is 2. The van der Waals surface area contributed by atoms with E-state index in [1.165, 1.54) is 11.1 Å². The zero-order valence-corrected chi connectivity index (χ0v) is 18.6. The molecule has 0 unspecified atom stereocenters. The van der Waals surface area contributed by atoms with Gasteiger partial charge < -0.3 is 14.4 Å². The second kappa shape index (κ2) is 9.10. The zero-order chi connectivity index (χ0) is 22.0. The molecule has 0 bridgehead atoms. The first kappa shape index (κ1) is 21.4. The van der Waals surface area contributed by atoms with Crippen molar-refractivity contribution < 1.29 is 19.1 Å². The molecule has 2 aromatic rings. The highest BCUT2D eigenvalue weighted by atomic mass is 16.5. The number of cyclic esters (lactones) is 1. The van der Waals surface area contributed by atoms with Gasteiger partial charge in [0, 0.05) is 38.3 Å². The SMILES string of the molecule is COc1cc(CC(=O)N2CCN(CCc3ccc4c(c3C)COC4=O)CC2)ccc1C. The second-order valence-corrected chi connectivity index (χ2v) is 8.41. The molecule has 6 nitrogen and oxygen atoms in total. The van der Waals surface area contributed by atoms with Gasteiger partial charge in [-0.05, 0) is 54.7 Å². The van der Waals surface area contributed by atoms with Gasteiger partial charge in [-0.25, -0.2) is 4.79 Å². The number of nitrogens with zero attached hydrogens (tertiary/aromatic N) is 2. The number of amides is 1. The molecule has 0 aromatic heterocycles. The molecule has 2 aliphatic heterocycles. The molecule has 2 heterocycles. The maximum absolute atomic E-state index is 12.7. The van der Waals surface area contributed by atoms with Crippen molar-refractivity contribution in [1.82, 2.24) is 9.80 Å². The van der Waals surface area contributed by atoms with Crippen LogP contribution >= 0.6 is 0 Å². The van der Waals surface area contributed by atoms with Crippen LogP contribution in [0, 0.1) is 13.8 Å². The van der Waals surface area contributed by atoms with Crippen molar-refractivity contribution >= 4 is 11.9 Å². The highest BCUT2D eigenvalue weighted by molar-refractivity contribution is 5.93. The summed E-state index contributed by atoms with van der Waals surface area (Å²) in [6.07, 6.45) is 1.34. The molecule has 1 saturated heterocycles. The lowest BCUT2D eigenvalue weighted by Gasteiger charge is -2.35. The monoisotopic (exact) mass is 422 g/mol. The first-order valence-corrected chi connectivity index (χ1v) is 10.9. The van der Waals surface area contributed by atoms with E-state index >= 15 is 0 Å². The smallest absolute Gasteiger partial charge is 0.338 e. The van der Waals surface area contributed by atoms with E-state index in [0.29, 0.717) is 18.6 Å². The van der Waals surface area contributed by atoms with Crippen molar-refractivity contribution in [2.75, 3.05) is 39.8 Å². The van der Waals surface area contributed by atoms with Crippen LogP contribution in [0.4, 0.5) is 0 Å². The second-order valence-electron chi connectivity index (χ2n) is 8.41. The molecule has 1 fully saturated rings. The predicted molar refractivity (Wildman–Crippen MR) is 118 cm³/mol. The number of carbonyl (C=O) groups excluding carboxylic acids is 2. The van der Waals surface area contributed by atoms with Crippen molar-refractivity contribution in [2.24, 2.45) is 0 Å². The average molecular weight is 423 g/mol. The molecule has 0 aliphatic carbocycles. The Labute approximate surface area is 183 Å². The van der Waals surface area contributed by atoms with E-state index in [2.05, 4.69) is 17.9 Å². The van der Waals surface area contributed by atoms with Gasteiger partial charge in [0.1, 0.15) is 12.4 Å². The van der Waals surface area contributed by atoms with Gasteiger partial charge in [0.15, 0.2) is 0 Å². The lowest BCUT2D eigenvalue weighted by molar-refractivity contribution is -0.132. The number of aryl methyl sites for hydroxylation is 1. The predicted octanol–water partition coefficient (Wildman–Crippen LogP) is 2.91. The summed E-state index contributed by atoms with van der Waals surface area (Å²) in [5.41, 5.74) is 6.24. The number of hydrogen-bond acceptors (Lipinski definition) is 5. The van der Waals surface area contributed by atoms with E-state index < -0.39 is 0 Å². The maximum Gasteiger partial charge on any atom is 0.338 e. The molecule has 4 rings (SSSR count). The van der Waals surface area contributed by atoms with Crippen LogP contribution in [-0.4, -0.2) is 61.5 Å². The van der Waals surface area contributed by atoms with Crippen LogP contribution in [0.3, 0.4) is 0 Å². The minimum atomic E-state index is -0.213. The summed E-state index contributed by atoms with van der Waals surface area (Å²) in [4.78, 5) is 28.8. The normalized spacial score (nSPS) is 16.2. The van der Waals surface area contributed by atoms with Gasteiger partial charge in [-0.2, -0.15) is 0 Å². The third-order valence-electron chi connectivity index (χ3n) is 6.53. The maximum atomic E-state index is 12.7. The van der Waals surface area contributed by atoms with Gasteiger partial charge in [-0.15, -0.1) is 0 Å². The third kappa shape index (κ3) is 4.59. The summed E-state index contributed by atoms with van der Waals surface area (Å²) >= 11 is 0. The van der Waals surface area contributed by atoms with Crippen LogP contribution in [0.2, 0.25) is 0 Å². The van der Waals surface area contributed by atoms with Crippen molar-refractivity contribution in [3.63, 3.8) is 0 Å². The van der Waals surface area contributed by atoms with Crippen LogP contribution in [0.1, 0.15) is 38.2 Å². The molecule has 6 heteroatoms. The zero-order valence-electron chi connectivity index (χ0n) is 18.6. The van der Waals surface area contributed by atoms with Crippen LogP contribution in [0.25, 0.3) is 0 Å². The largest absolute Gasteiger partial charge is 0.496 e. The average Bonchev–Trinajstić information content (AvgIpc) is 3.16. The Morgan fingerprint density at radius 2 is 1.87 bits per heavy atom. The van der Waals surface area contributed by atoms with Crippen LogP contribution in [0.15, 0.2) is 30.3 Å². The molecule has 2 aliphatic rings. The third-order valence-corrected chi connectivity index (χ3v) is 6.53. The Morgan fingerprint density at radius 3 is 2.61 bits per heavy atom. The number of hydrogen-bond donors (Lipinski definition) is 0. The van der Waals surface area contributed by atoms with E-state index in [9.17, 15) is 9.59 Å². The van der Waals surface area contributed by atoms with E-state index in [1.54, 1.807) is 7.11 Å². The molecule has 0 spiro atoms. The van der Waals surface area contributed by atoms with E-state index in [-0.39, 0.29) is 11.9 Å². The molecular formula is C25H30N2O4. The number of fused-ring (bicyclic) bond motifs is 1. The molecular weight excluding hydrogens is 392 g/mol. The van der Waals surface area contributed by atoms with Gasteiger partial charge in [-0.1, -0.05) is 18.2 Å². The van der Waals surface area contributed by atoms with Gasteiger partial charge in [0.05, 0.1) is 19.1 Å². The Bertz CT molecular complexity index is 993. The highest BCUT2D eigenvalue weighted by Crippen LogP contribution is 2.26. The standard InChI is InChI=1S/C25H30N2O4/c1-17-4-5-19(14-23(17)30-3)15-24(28)27-12-10-26(11-13-27)9-8-20-6-7-21-22(18(20)2)16-31-25(21)29/h4-7,14H,8-13,15-16H2,1-3H3. The number of piperazine rings is 1. The molecule has 31 heavy (non-hydrogen) atoms.